The van der Waals surface area contributed by atoms with E-state index in [2.05, 4.69) is 4.90 Å². The van der Waals surface area contributed by atoms with Crippen LogP contribution in [-0.2, 0) is 18.4 Å². The SMILES string of the molecule is CCN1C(=O)C(=c2sc(=C3SCCN3C)c(=O)n2CC)SC1=Nc1scc[n+]1C. The van der Waals surface area contributed by atoms with E-state index < -0.39 is 0 Å². The number of thioether (sulfide) groups is 2. The number of aromatic nitrogens is 2. The maximum Gasteiger partial charge on any atom is 0.384 e. The van der Waals surface area contributed by atoms with Crippen LogP contribution in [0.3, 0.4) is 0 Å². The summed E-state index contributed by atoms with van der Waals surface area (Å²) in [5.74, 6) is 0.899. The molecule has 2 saturated heterocycles. The Bertz CT molecular complexity index is 1180. The van der Waals surface area contributed by atoms with E-state index in [-0.39, 0.29) is 11.5 Å². The Morgan fingerprint density at radius 1 is 1.24 bits per heavy atom. The van der Waals surface area contributed by atoms with Gasteiger partial charge in [-0.05, 0) is 30.6 Å². The number of aliphatic imine (C=N–C) groups is 1. The normalized spacial score (nSPS) is 22.5. The molecule has 0 aromatic carbocycles. The van der Waals surface area contributed by atoms with Crippen LogP contribution in [0.5, 0.6) is 0 Å². The molecule has 4 heterocycles. The third-order valence-corrected chi connectivity index (χ3v) is 9.27. The molecule has 2 aliphatic rings. The number of carbonyl (C=O) groups excluding carboxylic acids is 1. The van der Waals surface area contributed by atoms with Crippen molar-refractivity contribution >= 4 is 72.3 Å². The number of amides is 1. The zero-order valence-corrected chi connectivity index (χ0v) is 19.9. The molecule has 7 nitrogen and oxygen atoms in total. The number of thiazole rings is 2. The molecule has 2 fully saturated rings. The van der Waals surface area contributed by atoms with Gasteiger partial charge in [-0.15, -0.1) is 23.1 Å². The molecule has 29 heavy (non-hydrogen) atoms. The highest BCUT2D eigenvalue weighted by molar-refractivity contribution is 8.23. The molecular weight excluding hydrogens is 446 g/mol. The van der Waals surface area contributed by atoms with Gasteiger partial charge in [0.2, 0.25) is 0 Å². The second-order valence-electron chi connectivity index (χ2n) is 6.53. The second kappa shape index (κ2) is 8.29. The Kier molecular flexibility index (Phi) is 5.92. The Morgan fingerprint density at radius 3 is 2.62 bits per heavy atom. The number of hydrogen-bond acceptors (Lipinski definition) is 8. The number of nitrogens with zero attached hydrogens (tertiary/aromatic N) is 5. The van der Waals surface area contributed by atoms with Crippen molar-refractivity contribution in [3.8, 4) is 0 Å². The Balaban J connectivity index is 1.92. The van der Waals surface area contributed by atoms with Crippen LogP contribution in [0, 0.1) is 0 Å². The highest BCUT2D eigenvalue weighted by Crippen LogP contribution is 2.33. The first-order valence-electron chi connectivity index (χ1n) is 9.30. The van der Waals surface area contributed by atoms with Crippen molar-refractivity contribution in [2.24, 2.45) is 12.0 Å². The highest BCUT2D eigenvalue weighted by Gasteiger charge is 2.38. The standard InChI is InChI=1S/C18H22N5O2S4/c1-5-22-13(24)11(15-20(3)7-9-26-15)28-16(22)12-14(25)23(6-2)18(29-12)19-17-21(4)8-10-27-17/h8,10H,5-7,9H2,1-4H3/q+1. The molecule has 0 N–H and O–H groups in total. The topological polar surface area (TPSA) is 61.8 Å². The van der Waals surface area contributed by atoms with Crippen molar-refractivity contribution in [2.45, 2.75) is 20.4 Å². The van der Waals surface area contributed by atoms with Gasteiger partial charge in [0.25, 0.3) is 16.6 Å². The molecule has 2 aromatic heterocycles. The van der Waals surface area contributed by atoms with Crippen molar-refractivity contribution in [3.63, 3.8) is 0 Å². The fraction of sp³-hybridized carbons (Fsp3) is 0.444. The summed E-state index contributed by atoms with van der Waals surface area (Å²) >= 11 is 6.03. The quantitative estimate of drug-likeness (QED) is 0.628. The van der Waals surface area contributed by atoms with Crippen LogP contribution >= 0.6 is 46.2 Å². The number of rotatable bonds is 3. The van der Waals surface area contributed by atoms with Crippen molar-refractivity contribution in [1.29, 1.82) is 0 Å². The van der Waals surface area contributed by atoms with E-state index >= 15 is 0 Å². The van der Waals surface area contributed by atoms with Gasteiger partial charge in [-0.25, -0.2) is 4.57 Å². The minimum Gasteiger partial charge on any atom is -0.367 e. The monoisotopic (exact) mass is 468 g/mol. The number of amidine groups is 1. The highest BCUT2D eigenvalue weighted by atomic mass is 32.2. The van der Waals surface area contributed by atoms with Gasteiger partial charge >= 0.3 is 5.13 Å². The van der Waals surface area contributed by atoms with Gasteiger partial charge in [0, 0.05) is 37.8 Å². The van der Waals surface area contributed by atoms with E-state index in [1.165, 1.54) is 34.4 Å². The van der Waals surface area contributed by atoms with E-state index in [0.717, 1.165) is 31.7 Å². The lowest BCUT2D eigenvalue weighted by Gasteiger charge is -2.08. The van der Waals surface area contributed by atoms with Gasteiger partial charge in [-0.2, -0.15) is 0 Å². The molecule has 2 aromatic rings. The summed E-state index contributed by atoms with van der Waals surface area (Å²) in [6.07, 6.45) is 1.94. The smallest absolute Gasteiger partial charge is 0.367 e. The fourth-order valence-corrected chi connectivity index (χ4v) is 7.74. The summed E-state index contributed by atoms with van der Waals surface area (Å²) in [7, 11) is 3.95. The predicted molar refractivity (Wildman–Crippen MR) is 123 cm³/mol. The first kappa shape index (κ1) is 20.7. The van der Waals surface area contributed by atoms with Gasteiger partial charge in [-0.1, -0.05) is 11.3 Å². The summed E-state index contributed by atoms with van der Waals surface area (Å²) in [5, 5.41) is 4.47. The molecule has 0 saturated carbocycles. The largest absolute Gasteiger partial charge is 0.384 e. The van der Waals surface area contributed by atoms with Crippen LogP contribution in [0.1, 0.15) is 13.8 Å². The fourth-order valence-electron chi connectivity index (χ4n) is 3.14. The van der Waals surface area contributed by atoms with Crippen LogP contribution in [0.4, 0.5) is 5.13 Å². The first-order chi connectivity index (χ1) is 14.0. The molecule has 11 heteroatoms. The van der Waals surface area contributed by atoms with E-state index in [0.29, 0.717) is 23.2 Å². The van der Waals surface area contributed by atoms with Crippen LogP contribution in [0.25, 0.3) is 9.93 Å². The molecular formula is C18H22N5O2S4+. The van der Waals surface area contributed by atoms with Crippen LogP contribution in [-0.4, -0.2) is 51.3 Å². The average molecular weight is 469 g/mol. The summed E-state index contributed by atoms with van der Waals surface area (Å²) in [6.45, 7) is 5.88. The van der Waals surface area contributed by atoms with Crippen LogP contribution in [0.2, 0.25) is 0 Å². The molecule has 1 amide bonds. The lowest BCUT2D eigenvalue weighted by molar-refractivity contribution is -0.653. The summed E-state index contributed by atoms with van der Waals surface area (Å²) in [6, 6.07) is 0. The van der Waals surface area contributed by atoms with Gasteiger partial charge in [-0.3, -0.25) is 19.1 Å². The summed E-state index contributed by atoms with van der Waals surface area (Å²) < 4.78 is 5.12. The maximum atomic E-state index is 13.2. The van der Waals surface area contributed by atoms with Gasteiger partial charge in [0.05, 0.1) is 12.1 Å². The summed E-state index contributed by atoms with van der Waals surface area (Å²) in [4.78, 5) is 35.4. The Labute approximate surface area is 185 Å². The molecule has 0 unspecified atom stereocenters. The number of carbonyl (C=O) groups is 1. The summed E-state index contributed by atoms with van der Waals surface area (Å²) in [5.41, 5.74) is -0.0113. The van der Waals surface area contributed by atoms with Crippen molar-refractivity contribution in [2.75, 3.05) is 25.9 Å². The maximum absolute atomic E-state index is 13.2. The Morgan fingerprint density at radius 2 is 2.03 bits per heavy atom. The average Bonchev–Trinajstić information content (AvgIpc) is 3.44. The van der Waals surface area contributed by atoms with Crippen LogP contribution < -0.4 is 19.3 Å². The molecule has 0 spiro atoms. The predicted octanol–water partition coefficient (Wildman–Crippen LogP) is 0.951. The van der Waals surface area contributed by atoms with Crippen molar-refractivity contribution in [3.05, 3.63) is 31.1 Å². The van der Waals surface area contributed by atoms with Crippen LogP contribution in [0.15, 0.2) is 21.4 Å². The molecule has 0 bridgehead atoms. The zero-order chi connectivity index (χ0) is 20.7. The molecule has 154 valence electrons. The van der Waals surface area contributed by atoms with Crippen molar-refractivity contribution < 1.29 is 9.36 Å². The third kappa shape index (κ3) is 3.58. The molecule has 0 atom stereocenters. The van der Waals surface area contributed by atoms with E-state index in [1.807, 2.05) is 44.1 Å². The van der Waals surface area contributed by atoms with E-state index in [4.69, 9.17) is 4.99 Å². The van der Waals surface area contributed by atoms with Gasteiger partial charge in [0.15, 0.2) is 0 Å². The molecule has 4 rings (SSSR count). The first-order valence-corrected chi connectivity index (χ1v) is 12.8. The van der Waals surface area contributed by atoms with E-state index in [1.54, 1.807) is 21.2 Å². The molecule has 2 aliphatic heterocycles. The zero-order valence-electron chi connectivity index (χ0n) is 16.7. The van der Waals surface area contributed by atoms with Gasteiger partial charge < -0.3 is 4.90 Å². The Hall–Kier alpha value is -1.56. The molecule has 0 aliphatic carbocycles. The van der Waals surface area contributed by atoms with Gasteiger partial charge in [0.1, 0.15) is 20.3 Å². The minimum absolute atomic E-state index is 0.0113. The minimum atomic E-state index is -0.0807. The second-order valence-corrected chi connectivity index (χ2v) is 10.5. The van der Waals surface area contributed by atoms with E-state index in [9.17, 15) is 9.59 Å². The number of hydrogen-bond donors (Lipinski definition) is 0. The third-order valence-electron chi connectivity index (χ3n) is 4.73. The molecule has 0 radical (unpaired) electrons. The lowest BCUT2D eigenvalue weighted by Crippen LogP contribution is -2.34. The van der Waals surface area contributed by atoms with Crippen molar-refractivity contribution in [1.82, 2.24) is 14.4 Å². The lowest BCUT2D eigenvalue weighted by atomic mass is 10.5. The number of aryl methyl sites for hydroxylation is 1.